The molecule has 0 spiro atoms. The van der Waals surface area contributed by atoms with Crippen LogP contribution < -0.4 is 4.72 Å². The minimum absolute atomic E-state index is 0.398. The van der Waals surface area contributed by atoms with Crippen LogP contribution in [0.3, 0.4) is 0 Å². The molecule has 0 atom stereocenters. The molecular weight excluding hydrogens is 266 g/mol. The van der Waals surface area contributed by atoms with Crippen molar-refractivity contribution >= 4 is 16.0 Å². The van der Waals surface area contributed by atoms with E-state index in [4.69, 9.17) is 0 Å². The highest BCUT2D eigenvalue weighted by atomic mass is 32.2. The number of carboxylic acids is 1. The summed E-state index contributed by atoms with van der Waals surface area (Å²) in [7, 11) is -3.51. The van der Waals surface area contributed by atoms with Gasteiger partial charge in [-0.15, -0.1) is 0 Å². The van der Waals surface area contributed by atoms with Crippen molar-refractivity contribution < 1.29 is 18.3 Å². The summed E-state index contributed by atoms with van der Waals surface area (Å²) in [5.41, 5.74) is -1.27. The highest BCUT2D eigenvalue weighted by Gasteiger charge is 2.46. The quantitative estimate of drug-likeness (QED) is 0.827. The predicted octanol–water partition coefficient (Wildman–Crippen LogP) is 1.88. The van der Waals surface area contributed by atoms with Gasteiger partial charge < -0.3 is 5.11 Å². The van der Waals surface area contributed by atoms with Crippen molar-refractivity contribution in [1.29, 1.82) is 0 Å². The zero-order valence-corrected chi connectivity index (χ0v) is 12.2. The minimum atomic E-state index is -3.51. The third-order valence-corrected chi connectivity index (χ3v) is 6.64. The molecular formula is C13H23NO4S. The Labute approximate surface area is 114 Å². The molecule has 5 nitrogen and oxygen atoms in total. The molecule has 2 aliphatic rings. The summed E-state index contributed by atoms with van der Waals surface area (Å²) in [4.78, 5) is 11.5. The lowest BCUT2D eigenvalue weighted by atomic mass is 9.78. The van der Waals surface area contributed by atoms with E-state index in [1.165, 1.54) is 0 Å². The van der Waals surface area contributed by atoms with E-state index in [9.17, 15) is 18.3 Å². The zero-order valence-electron chi connectivity index (χ0n) is 11.4. The summed E-state index contributed by atoms with van der Waals surface area (Å²) in [6, 6.07) is 0. The lowest BCUT2D eigenvalue weighted by Crippen LogP contribution is -2.57. The Morgan fingerprint density at radius 3 is 2.16 bits per heavy atom. The third kappa shape index (κ3) is 3.11. The normalized spacial score (nSPS) is 33.4. The number of carboxylic acid groups (broad SMARTS) is 1. The number of carbonyl (C=O) groups is 1. The molecule has 0 unspecified atom stereocenters. The number of aliphatic carboxylic acids is 1. The average molecular weight is 289 g/mol. The second kappa shape index (κ2) is 5.40. The number of sulfonamides is 1. The molecule has 2 saturated carbocycles. The lowest BCUT2D eigenvalue weighted by Gasteiger charge is -2.36. The first-order valence-corrected chi connectivity index (χ1v) is 8.66. The molecule has 110 valence electrons. The van der Waals surface area contributed by atoms with Gasteiger partial charge in [0.2, 0.25) is 10.0 Å². The van der Waals surface area contributed by atoms with E-state index in [-0.39, 0.29) is 0 Å². The van der Waals surface area contributed by atoms with Gasteiger partial charge in [-0.05, 0) is 44.4 Å². The van der Waals surface area contributed by atoms with Crippen LogP contribution in [0.25, 0.3) is 0 Å². The van der Waals surface area contributed by atoms with Crippen LogP contribution in [0.5, 0.6) is 0 Å². The maximum absolute atomic E-state index is 12.3. The minimum Gasteiger partial charge on any atom is -0.480 e. The summed E-state index contributed by atoms with van der Waals surface area (Å²) < 4.78 is 27.2. The first kappa shape index (κ1) is 14.8. The zero-order chi connectivity index (χ0) is 14.1. The number of rotatable bonds is 4. The molecule has 0 bridgehead atoms. The smallest absolute Gasteiger partial charge is 0.324 e. The van der Waals surface area contributed by atoms with Crippen molar-refractivity contribution in [3.05, 3.63) is 0 Å². The van der Waals surface area contributed by atoms with E-state index in [1.807, 2.05) is 0 Å². The highest BCUT2D eigenvalue weighted by molar-refractivity contribution is 7.90. The van der Waals surface area contributed by atoms with Crippen LogP contribution in [0.15, 0.2) is 0 Å². The van der Waals surface area contributed by atoms with E-state index in [0.29, 0.717) is 31.6 Å². The van der Waals surface area contributed by atoms with Gasteiger partial charge in [0.25, 0.3) is 0 Å². The van der Waals surface area contributed by atoms with Crippen molar-refractivity contribution in [3.8, 4) is 0 Å². The van der Waals surface area contributed by atoms with Gasteiger partial charge in [0.1, 0.15) is 5.54 Å². The molecule has 0 amide bonds. The van der Waals surface area contributed by atoms with Gasteiger partial charge in [0, 0.05) is 0 Å². The Hall–Kier alpha value is -0.620. The predicted molar refractivity (Wildman–Crippen MR) is 72.3 cm³/mol. The molecule has 2 fully saturated rings. The molecule has 0 saturated heterocycles. The standard InChI is InChI=1S/C13H23NO4S/c1-10-6-8-13(9-7-10,12(15)16)14-19(17,18)11-4-2-3-5-11/h10-11,14H,2-9H2,1H3,(H,15,16). The molecule has 0 heterocycles. The molecule has 2 aliphatic carbocycles. The van der Waals surface area contributed by atoms with Gasteiger partial charge in [-0.1, -0.05) is 19.8 Å². The third-order valence-electron chi connectivity index (χ3n) is 4.62. The highest BCUT2D eigenvalue weighted by Crippen LogP contribution is 2.34. The molecule has 0 aromatic heterocycles. The van der Waals surface area contributed by atoms with Gasteiger partial charge >= 0.3 is 5.97 Å². The largest absolute Gasteiger partial charge is 0.480 e. The molecule has 19 heavy (non-hydrogen) atoms. The number of nitrogens with one attached hydrogen (secondary N) is 1. The van der Waals surface area contributed by atoms with Gasteiger partial charge in [-0.3, -0.25) is 4.79 Å². The molecule has 0 aliphatic heterocycles. The number of hydrogen-bond acceptors (Lipinski definition) is 3. The van der Waals surface area contributed by atoms with Crippen LogP contribution in [0.4, 0.5) is 0 Å². The SMILES string of the molecule is CC1CCC(NS(=O)(=O)C2CCCC2)(C(=O)O)CC1. The number of hydrogen-bond donors (Lipinski definition) is 2. The monoisotopic (exact) mass is 289 g/mol. The molecule has 0 radical (unpaired) electrons. The summed E-state index contributed by atoms with van der Waals surface area (Å²) in [6.07, 6.45) is 5.47. The van der Waals surface area contributed by atoms with Gasteiger partial charge in [0.15, 0.2) is 0 Å². The summed E-state index contributed by atoms with van der Waals surface area (Å²) >= 11 is 0. The second-order valence-electron chi connectivity index (χ2n) is 6.12. The summed E-state index contributed by atoms with van der Waals surface area (Å²) in [6.45, 7) is 2.08. The Morgan fingerprint density at radius 1 is 1.16 bits per heavy atom. The Kier molecular flexibility index (Phi) is 4.20. The molecule has 0 aromatic carbocycles. The molecule has 6 heteroatoms. The first-order valence-electron chi connectivity index (χ1n) is 7.12. The van der Waals surface area contributed by atoms with Crippen LogP contribution in [0, 0.1) is 5.92 Å². The van der Waals surface area contributed by atoms with E-state index in [2.05, 4.69) is 11.6 Å². The van der Waals surface area contributed by atoms with Crippen LogP contribution in [-0.2, 0) is 14.8 Å². The first-order chi connectivity index (χ1) is 8.86. The van der Waals surface area contributed by atoms with E-state index in [0.717, 1.165) is 25.7 Å². The maximum atomic E-state index is 12.3. The molecule has 0 aromatic rings. The van der Waals surface area contributed by atoms with Crippen molar-refractivity contribution in [2.75, 3.05) is 0 Å². The fourth-order valence-electron chi connectivity index (χ4n) is 3.17. The van der Waals surface area contributed by atoms with Crippen LogP contribution >= 0.6 is 0 Å². The van der Waals surface area contributed by atoms with E-state index >= 15 is 0 Å². The van der Waals surface area contributed by atoms with Crippen molar-refractivity contribution in [2.45, 2.75) is 69.1 Å². The van der Waals surface area contributed by atoms with Gasteiger partial charge in [-0.2, -0.15) is 4.72 Å². The van der Waals surface area contributed by atoms with E-state index < -0.39 is 26.8 Å². The van der Waals surface area contributed by atoms with Gasteiger partial charge in [-0.25, -0.2) is 8.42 Å². The summed E-state index contributed by atoms with van der Waals surface area (Å²) in [5, 5.41) is 9.05. The van der Waals surface area contributed by atoms with Crippen molar-refractivity contribution in [1.82, 2.24) is 4.72 Å². The Balaban J connectivity index is 2.15. The Morgan fingerprint density at radius 2 is 1.68 bits per heavy atom. The lowest BCUT2D eigenvalue weighted by molar-refractivity contribution is -0.145. The Bertz CT molecular complexity index is 432. The van der Waals surface area contributed by atoms with Crippen LogP contribution in [-0.4, -0.2) is 30.3 Å². The van der Waals surface area contributed by atoms with E-state index in [1.54, 1.807) is 0 Å². The fourth-order valence-corrected chi connectivity index (χ4v) is 5.13. The molecule has 2 rings (SSSR count). The van der Waals surface area contributed by atoms with Gasteiger partial charge in [0.05, 0.1) is 5.25 Å². The van der Waals surface area contributed by atoms with Crippen molar-refractivity contribution in [3.63, 3.8) is 0 Å². The van der Waals surface area contributed by atoms with Crippen LogP contribution in [0.2, 0.25) is 0 Å². The maximum Gasteiger partial charge on any atom is 0.324 e. The second-order valence-corrected chi connectivity index (χ2v) is 8.08. The average Bonchev–Trinajstić information content (AvgIpc) is 2.86. The van der Waals surface area contributed by atoms with Crippen LogP contribution in [0.1, 0.15) is 58.3 Å². The molecule has 2 N–H and O–H groups in total. The fraction of sp³-hybridized carbons (Fsp3) is 0.923. The van der Waals surface area contributed by atoms with Crippen molar-refractivity contribution in [2.24, 2.45) is 5.92 Å². The summed E-state index contributed by atoms with van der Waals surface area (Å²) in [5.74, 6) is -0.551. The topological polar surface area (TPSA) is 83.5 Å².